The van der Waals surface area contributed by atoms with E-state index in [0.29, 0.717) is 22.5 Å². The van der Waals surface area contributed by atoms with Gasteiger partial charge in [-0.15, -0.1) is 0 Å². The number of furan rings is 1. The third-order valence-corrected chi connectivity index (χ3v) is 5.24. The van der Waals surface area contributed by atoms with Crippen LogP contribution in [0.5, 0.6) is 0 Å². The minimum Gasteiger partial charge on any atom is -0.450 e. The van der Waals surface area contributed by atoms with Crippen LogP contribution < -0.4 is 10.2 Å². The van der Waals surface area contributed by atoms with Gasteiger partial charge >= 0.3 is 0 Å². The number of fused-ring (bicyclic) bond motifs is 3. The largest absolute Gasteiger partial charge is 0.450 e. The summed E-state index contributed by atoms with van der Waals surface area (Å²) in [5, 5.41) is 3.14. The molecule has 0 atom stereocenters. The number of halogens is 2. The molecule has 2 aromatic heterocycles. The molecular formula is C22H18F2N4O2. The number of hydrogen-bond donors (Lipinski definition) is 1. The Hall–Kier alpha value is -3.55. The lowest BCUT2D eigenvalue weighted by Gasteiger charge is -2.27. The zero-order chi connectivity index (χ0) is 20.7. The van der Waals surface area contributed by atoms with Gasteiger partial charge in [0.15, 0.2) is 11.4 Å². The molecule has 1 saturated heterocycles. The first-order valence-electron chi connectivity index (χ1n) is 9.81. The number of rotatable bonds is 3. The highest BCUT2D eigenvalue weighted by Crippen LogP contribution is 2.34. The van der Waals surface area contributed by atoms with E-state index < -0.39 is 17.5 Å². The monoisotopic (exact) mass is 408 g/mol. The zero-order valence-electron chi connectivity index (χ0n) is 16.0. The van der Waals surface area contributed by atoms with Crippen LogP contribution in [0, 0.1) is 11.6 Å². The molecule has 8 heteroatoms. The van der Waals surface area contributed by atoms with Crippen molar-refractivity contribution in [3.63, 3.8) is 0 Å². The van der Waals surface area contributed by atoms with E-state index in [1.165, 1.54) is 0 Å². The maximum absolute atomic E-state index is 14.0. The van der Waals surface area contributed by atoms with Gasteiger partial charge in [0.2, 0.25) is 5.82 Å². The standard InChI is InChI=1S/C22H18F2N4O2/c23-13-8-9-15(24)16(12-13)25-22(29)20-26-18-14-6-2-3-7-17(14)30-19(18)21(27-20)28-10-4-1-5-11-28/h2-3,6-9,12H,1,4-5,10-11H2,(H,25,29). The summed E-state index contributed by atoms with van der Waals surface area (Å²) in [5.74, 6) is -1.70. The van der Waals surface area contributed by atoms with Gasteiger partial charge in [0, 0.05) is 24.5 Å². The van der Waals surface area contributed by atoms with Crippen molar-refractivity contribution in [1.29, 1.82) is 0 Å². The van der Waals surface area contributed by atoms with E-state index >= 15 is 0 Å². The van der Waals surface area contributed by atoms with Crippen LogP contribution >= 0.6 is 0 Å². The number of nitrogens with zero attached hydrogens (tertiary/aromatic N) is 3. The SMILES string of the molecule is O=C(Nc1cc(F)ccc1F)c1nc(N2CCCCC2)c2oc3ccccc3c2n1. The smallest absolute Gasteiger partial charge is 0.293 e. The third kappa shape index (κ3) is 3.24. The summed E-state index contributed by atoms with van der Waals surface area (Å²) in [4.78, 5) is 23.8. The number of anilines is 2. The molecule has 0 unspecified atom stereocenters. The first-order chi connectivity index (χ1) is 14.6. The molecule has 3 heterocycles. The van der Waals surface area contributed by atoms with Crippen LogP contribution in [0.15, 0.2) is 46.9 Å². The van der Waals surface area contributed by atoms with Crippen LogP contribution in [0.3, 0.4) is 0 Å². The summed E-state index contributed by atoms with van der Waals surface area (Å²) in [6.45, 7) is 1.59. The highest BCUT2D eigenvalue weighted by atomic mass is 19.1. The van der Waals surface area contributed by atoms with Crippen molar-refractivity contribution in [3.8, 4) is 0 Å². The second-order valence-corrected chi connectivity index (χ2v) is 7.27. The van der Waals surface area contributed by atoms with Crippen LogP contribution in [0.25, 0.3) is 22.1 Å². The summed E-state index contributed by atoms with van der Waals surface area (Å²) in [6, 6.07) is 10.3. The molecule has 0 radical (unpaired) electrons. The Balaban J connectivity index is 1.63. The molecule has 30 heavy (non-hydrogen) atoms. The van der Waals surface area contributed by atoms with E-state index in [4.69, 9.17) is 4.42 Å². The average molecular weight is 408 g/mol. The zero-order valence-corrected chi connectivity index (χ0v) is 16.0. The van der Waals surface area contributed by atoms with E-state index in [0.717, 1.165) is 55.9 Å². The van der Waals surface area contributed by atoms with Crippen molar-refractivity contribution in [2.75, 3.05) is 23.3 Å². The lowest BCUT2D eigenvalue weighted by molar-refractivity contribution is 0.101. The predicted molar refractivity (Wildman–Crippen MR) is 110 cm³/mol. The normalized spacial score (nSPS) is 14.4. The van der Waals surface area contributed by atoms with Gasteiger partial charge in [-0.1, -0.05) is 12.1 Å². The predicted octanol–water partition coefficient (Wildman–Crippen LogP) is 4.90. The van der Waals surface area contributed by atoms with Crippen molar-refractivity contribution in [1.82, 2.24) is 9.97 Å². The molecule has 6 nitrogen and oxygen atoms in total. The van der Waals surface area contributed by atoms with Gasteiger partial charge in [-0.2, -0.15) is 0 Å². The van der Waals surface area contributed by atoms with Crippen LogP contribution in [0.2, 0.25) is 0 Å². The molecule has 5 rings (SSSR count). The van der Waals surface area contributed by atoms with Crippen LogP contribution in [0.4, 0.5) is 20.3 Å². The van der Waals surface area contributed by atoms with E-state index in [9.17, 15) is 13.6 Å². The number of piperidine rings is 1. The molecular weight excluding hydrogens is 390 g/mol. The summed E-state index contributed by atoms with van der Waals surface area (Å²) in [6.07, 6.45) is 3.17. The number of carbonyl (C=O) groups is 1. The highest BCUT2D eigenvalue weighted by Gasteiger charge is 2.24. The Morgan fingerprint density at radius 1 is 1.03 bits per heavy atom. The fraction of sp³-hybridized carbons (Fsp3) is 0.227. The van der Waals surface area contributed by atoms with Gasteiger partial charge in [-0.3, -0.25) is 4.79 Å². The van der Waals surface area contributed by atoms with Crippen molar-refractivity contribution < 1.29 is 18.0 Å². The number of nitrogens with one attached hydrogen (secondary N) is 1. The van der Waals surface area contributed by atoms with Gasteiger partial charge in [0.25, 0.3) is 5.91 Å². The fourth-order valence-corrected chi connectivity index (χ4v) is 3.77. The van der Waals surface area contributed by atoms with Gasteiger partial charge < -0.3 is 14.6 Å². The lowest BCUT2D eigenvalue weighted by Crippen LogP contribution is -2.31. The van der Waals surface area contributed by atoms with Gasteiger partial charge in [-0.05, 0) is 43.5 Å². The molecule has 2 aromatic carbocycles. The van der Waals surface area contributed by atoms with Crippen LogP contribution in [-0.2, 0) is 0 Å². The number of aromatic nitrogens is 2. The molecule has 152 valence electrons. The minimum absolute atomic E-state index is 0.127. The molecule has 0 bridgehead atoms. The fourth-order valence-electron chi connectivity index (χ4n) is 3.77. The third-order valence-electron chi connectivity index (χ3n) is 5.24. The number of hydrogen-bond acceptors (Lipinski definition) is 5. The Kier molecular flexibility index (Phi) is 4.54. The number of benzene rings is 2. The Labute approximate surface area is 170 Å². The summed E-state index contributed by atoms with van der Waals surface area (Å²) in [5.41, 5.74) is 1.42. The first-order valence-corrected chi connectivity index (χ1v) is 9.81. The van der Waals surface area contributed by atoms with E-state index in [1.54, 1.807) is 0 Å². The van der Waals surface area contributed by atoms with E-state index in [-0.39, 0.29) is 11.5 Å². The number of amides is 1. The molecule has 1 aliphatic rings. The van der Waals surface area contributed by atoms with E-state index in [1.807, 2.05) is 24.3 Å². The number of para-hydroxylation sites is 1. The molecule has 0 spiro atoms. The molecule has 0 saturated carbocycles. The van der Waals surface area contributed by atoms with Crippen molar-refractivity contribution in [3.05, 3.63) is 59.9 Å². The van der Waals surface area contributed by atoms with Gasteiger partial charge in [-0.25, -0.2) is 18.7 Å². The maximum Gasteiger partial charge on any atom is 0.293 e. The quantitative estimate of drug-likeness (QED) is 0.522. The van der Waals surface area contributed by atoms with Crippen molar-refractivity contribution >= 4 is 39.5 Å². The summed E-state index contributed by atoms with van der Waals surface area (Å²) >= 11 is 0. The second-order valence-electron chi connectivity index (χ2n) is 7.27. The lowest BCUT2D eigenvalue weighted by atomic mass is 10.1. The highest BCUT2D eigenvalue weighted by molar-refractivity contribution is 6.09. The minimum atomic E-state index is -0.740. The summed E-state index contributed by atoms with van der Waals surface area (Å²) < 4.78 is 33.5. The first kappa shape index (κ1) is 18.5. The molecule has 1 N–H and O–H groups in total. The summed E-state index contributed by atoms with van der Waals surface area (Å²) in [7, 11) is 0. The van der Waals surface area contributed by atoms with Crippen molar-refractivity contribution in [2.45, 2.75) is 19.3 Å². The average Bonchev–Trinajstić information content (AvgIpc) is 3.15. The molecule has 1 amide bonds. The van der Waals surface area contributed by atoms with Crippen LogP contribution in [-0.4, -0.2) is 29.0 Å². The van der Waals surface area contributed by atoms with Gasteiger partial charge in [0.05, 0.1) is 5.69 Å². The Morgan fingerprint density at radius 3 is 2.67 bits per heavy atom. The Bertz CT molecular complexity index is 1260. The molecule has 1 aliphatic heterocycles. The van der Waals surface area contributed by atoms with Crippen molar-refractivity contribution in [2.24, 2.45) is 0 Å². The Morgan fingerprint density at radius 2 is 1.83 bits per heavy atom. The van der Waals surface area contributed by atoms with Gasteiger partial charge in [0.1, 0.15) is 22.7 Å². The topological polar surface area (TPSA) is 71.3 Å². The maximum atomic E-state index is 14.0. The molecule has 4 aromatic rings. The molecule has 1 fully saturated rings. The second kappa shape index (κ2) is 7.37. The van der Waals surface area contributed by atoms with Crippen LogP contribution in [0.1, 0.15) is 29.9 Å². The number of carbonyl (C=O) groups excluding carboxylic acids is 1. The molecule has 0 aliphatic carbocycles. The van der Waals surface area contributed by atoms with E-state index in [2.05, 4.69) is 20.2 Å².